The van der Waals surface area contributed by atoms with E-state index in [4.69, 9.17) is 26.6 Å². The number of unbranched alkanes of at least 4 members (excludes halogenated alkanes) is 1. The SMILES string of the molecule is C=C[Si](OCC)(OCC)OCC.CCCC[Si](OCC)(OCC)OCC. The van der Waals surface area contributed by atoms with Crippen LogP contribution in [0.5, 0.6) is 0 Å². The number of hydrogen-bond donors (Lipinski definition) is 0. The quantitative estimate of drug-likeness (QED) is 0.347. The van der Waals surface area contributed by atoms with Crippen LogP contribution in [-0.4, -0.2) is 57.3 Å². The Hall–Kier alpha value is -0.0662. The minimum Gasteiger partial charge on any atom is -0.374 e. The monoisotopic (exact) mass is 410 g/mol. The lowest BCUT2D eigenvalue weighted by atomic mass is 10.4. The van der Waals surface area contributed by atoms with Crippen molar-refractivity contribution >= 4 is 17.6 Å². The zero-order chi connectivity index (χ0) is 20.3. The molecule has 0 atom stereocenters. The first kappa shape index (κ1) is 28.1. The lowest BCUT2D eigenvalue weighted by Crippen LogP contribution is -2.45. The third kappa shape index (κ3) is 12.3. The highest BCUT2D eigenvalue weighted by Crippen LogP contribution is 2.18. The lowest BCUT2D eigenvalue weighted by Gasteiger charge is -2.28. The van der Waals surface area contributed by atoms with Crippen LogP contribution in [-0.2, 0) is 26.6 Å². The van der Waals surface area contributed by atoms with Crippen molar-refractivity contribution < 1.29 is 26.6 Å². The van der Waals surface area contributed by atoms with Crippen molar-refractivity contribution in [2.24, 2.45) is 0 Å². The lowest BCUT2D eigenvalue weighted by molar-refractivity contribution is 0.0707. The molecule has 158 valence electrons. The van der Waals surface area contributed by atoms with Gasteiger partial charge >= 0.3 is 17.6 Å². The molecule has 0 saturated heterocycles. The van der Waals surface area contributed by atoms with E-state index in [1.807, 2.05) is 41.5 Å². The molecule has 0 aromatic heterocycles. The van der Waals surface area contributed by atoms with Gasteiger partial charge in [0, 0.05) is 45.7 Å². The van der Waals surface area contributed by atoms with Gasteiger partial charge in [-0.05, 0) is 53.7 Å². The van der Waals surface area contributed by atoms with Crippen LogP contribution < -0.4 is 0 Å². The molecule has 0 aromatic rings. The molecule has 0 heterocycles. The molecule has 0 saturated carbocycles. The average Bonchev–Trinajstić information content (AvgIpc) is 2.62. The molecule has 8 heteroatoms. The van der Waals surface area contributed by atoms with Crippen molar-refractivity contribution in [3.8, 4) is 0 Å². The van der Waals surface area contributed by atoms with Crippen molar-refractivity contribution in [1.82, 2.24) is 0 Å². The Kier molecular flexibility index (Phi) is 19.8. The standard InChI is InChI=1S/C10H24O3Si.C8H18O3Si/c1-5-9-10-14(11-6-2,12-7-3)13-8-4;1-5-9-12(8-4,10-6-2)11-7-3/h5-10H2,1-4H3;8H,4-7H2,1-3H3. The molecule has 0 rings (SSSR count). The summed E-state index contributed by atoms with van der Waals surface area (Å²) in [6.45, 7) is 21.4. The molecule has 0 spiro atoms. The molecule has 0 aliphatic rings. The summed E-state index contributed by atoms with van der Waals surface area (Å²) in [6.07, 6.45) is 2.27. The Bertz CT molecular complexity index is 284. The minimum absolute atomic E-state index is 0.595. The summed E-state index contributed by atoms with van der Waals surface area (Å²) in [4.78, 5) is 0. The molecule has 26 heavy (non-hydrogen) atoms. The highest BCUT2D eigenvalue weighted by atomic mass is 28.4. The van der Waals surface area contributed by atoms with E-state index in [1.165, 1.54) is 0 Å². The Morgan fingerprint density at radius 2 is 0.962 bits per heavy atom. The van der Waals surface area contributed by atoms with E-state index < -0.39 is 17.6 Å². The van der Waals surface area contributed by atoms with Crippen molar-refractivity contribution in [3.05, 3.63) is 12.3 Å². The predicted molar refractivity (Wildman–Crippen MR) is 111 cm³/mol. The number of rotatable bonds is 16. The largest absolute Gasteiger partial charge is 0.528 e. The Balaban J connectivity index is 0. The van der Waals surface area contributed by atoms with Crippen LogP contribution in [0.15, 0.2) is 12.3 Å². The van der Waals surface area contributed by atoms with E-state index >= 15 is 0 Å². The van der Waals surface area contributed by atoms with E-state index in [0.717, 1.165) is 18.9 Å². The van der Waals surface area contributed by atoms with Gasteiger partial charge in [0.15, 0.2) is 0 Å². The summed E-state index contributed by atoms with van der Waals surface area (Å²) in [5.74, 6) is 0. The molecule has 6 nitrogen and oxygen atoms in total. The van der Waals surface area contributed by atoms with E-state index in [2.05, 4.69) is 13.5 Å². The average molecular weight is 411 g/mol. The third-order valence-corrected chi connectivity index (χ3v) is 8.94. The maximum atomic E-state index is 5.71. The van der Waals surface area contributed by atoms with Gasteiger partial charge in [0.05, 0.1) is 0 Å². The van der Waals surface area contributed by atoms with Crippen molar-refractivity contribution in [1.29, 1.82) is 0 Å². The number of hydrogen-bond acceptors (Lipinski definition) is 6. The Labute approximate surface area is 163 Å². The summed E-state index contributed by atoms with van der Waals surface area (Å²) in [5, 5.41) is 0. The molecule has 0 amide bonds. The van der Waals surface area contributed by atoms with Crippen LogP contribution in [0.4, 0.5) is 0 Å². The van der Waals surface area contributed by atoms with Gasteiger partial charge in [0.2, 0.25) is 0 Å². The maximum absolute atomic E-state index is 5.71. The van der Waals surface area contributed by atoms with Crippen molar-refractivity contribution in [2.75, 3.05) is 39.6 Å². The highest BCUT2D eigenvalue weighted by Gasteiger charge is 2.39. The molecule has 0 fully saturated rings. The molecule has 0 bridgehead atoms. The summed E-state index contributed by atoms with van der Waals surface area (Å²) in [5.41, 5.74) is 1.67. The van der Waals surface area contributed by atoms with Crippen molar-refractivity contribution in [2.45, 2.75) is 67.4 Å². The first-order valence-electron chi connectivity index (χ1n) is 9.96. The molecular formula is C18H42O6Si2. The van der Waals surface area contributed by atoms with Gasteiger partial charge in [-0.15, -0.1) is 0 Å². The first-order chi connectivity index (χ1) is 12.5. The molecule has 0 radical (unpaired) electrons. The second-order valence-electron chi connectivity index (χ2n) is 5.19. The second kappa shape index (κ2) is 18.3. The van der Waals surface area contributed by atoms with Gasteiger partial charge in [-0.25, -0.2) is 0 Å². The zero-order valence-corrected chi connectivity index (χ0v) is 20.1. The van der Waals surface area contributed by atoms with Gasteiger partial charge in [-0.2, -0.15) is 0 Å². The van der Waals surface area contributed by atoms with Gasteiger partial charge < -0.3 is 26.6 Å². The molecule has 0 N–H and O–H groups in total. The fourth-order valence-corrected chi connectivity index (χ4v) is 6.90. The van der Waals surface area contributed by atoms with E-state index in [-0.39, 0.29) is 0 Å². The van der Waals surface area contributed by atoms with Gasteiger partial charge in [0.25, 0.3) is 0 Å². The van der Waals surface area contributed by atoms with Gasteiger partial charge in [-0.3, -0.25) is 0 Å². The summed E-state index contributed by atoms with van der Waals surface area (Å²) in [7, 11) is -4.82. The van der Waals surface area contributed by atoms with E-state index in [9.17, 15) is 0 Å². The van der Waals surface area contributed by atoms with E-state index in [1.54, 1.807) is 5.70 Å². The summed E-state index contributed by atoms with van der Waals surface area (Å²) >= 11 is 0. The first-order valence-corrected chi connectivity index (χ1v) is 13.7. The zero-order valence-electron chi connectivity index (χ0n) is 18.1. The van der Waals surface area contributed by atoms with Crippen LogP contribution in [0.2, 0.25) is 6.04 Å². The summed E-state index contributed by atoms with van der Waals surface area (Å²) < 4.78 is 33.4. The summed E-state index contributed by atoms with van der Waals surface area (Å²) in [6, 6.07) is 0.943. The fourth-order valence-electron chi connectivity index (χ4n) is 2.30. The predicted octanol–water partition coefficient (Wildman–Crippen LogP) is 4.59. The normalized spacial score (nSPS) is 11.8. The smallest absolute Gasteiger partial charge is 0.374 e. The molecule has 0 aromatic carbocycles. The molecule has 0 aliphatic carbocycles. The van der Waals surface area contributed by atoms with Crippen LogP contribution in [0, 0.1) is 0 Å². The van der Waals surface area contributed by atoms with Crippen LogP contribution in [0.25, 0.3) is 0 Å². The van der Waals surface area contributed by atoms with Crippen LogP contribution in [0.3, 0.4) is 0 Å². The van der Waals surface area contributed by atoms with Gasteiger partial charge in [0.1, 0.15) is 0 Å². The fraction of sp³-hybridized carbons (Fsp3) is 0.889. The van der Waals surface area contributed by atoms with Crippen molar-refractivity contribution in [3.63, 3.8) is 0 Å². The Morgan fingerprint density at radius 3 is 1.19 bits per heavy atom. The molecule has 0 unspecified atom stereocenters. The molecular weight excluding hydrogens is 368 g/mol. The van der Waals surface area contributed by atoms with E-state index in [0.29, 0.717) is 39.6 Å². The van der Waals surface area contributed by atoms with Crippen LogP contribution >= 0.6 is 0 Å². The second-order valence-corrected chi connectivity index (χ2v) is 10.4. The van der Waals surface area contributed by atoms with Crippen LogP contribution in [0.1, 0.15) is 61.3 Å². The maximum Gasteiger partial charge on any atom is 0.528 e. The highest BCUT2D eigenvalue weighted by molar-refractivity contribution is 6.66. The Morgan fingerprint density at radius 1 is 0.615 bits per heavy atom. The topological polar surface area (TPSA) is 55.4 Å². The third-order valence-electron chi connectivity index (χ3n) is 3.22. The van der Waals surface area contributed by atoms with Gasteiger partial charge in [-0.1, -0.05) is 19.9 Å². The minimum atomic E-state index is -2.51. The molecule has 0 aliphatic heterocycles.